The van der Waals surface area contributed by atoms with E-state index in [2.05, 4.69) is 10.3 Å². The molecule has 1 N–H and O–H groups in total. The maximum absolute atomic E-state index is 13.1. The number of rotatable bonds is 3. The van der Waals surface area contributed by atoms with E-state index in [0.29, 0.717) is 30.3 Å². The van der Waals surface area contributed by atoms with Gasteiger partial charge < -0.3 is 10.2 Å². The molecule has 1 aromatic carbocycles. The number of benzene rings is 1. The summed E-state index contributed by atoms with van der Waals surface area (Å²) in [6.45, 7) is 1.00. The van der Waals surface area contributed by atoms with Gasteiger partial charge in [-0.25, -0.2) is 4.98 Å². The second kappa shape index (κ2) is 6.36. The van der Waals surface area contributed by atoms with Gasteiger partial charge in [-0.05, 0) is 18.4 Å². The maximum Gasteiger partial charge on any atom is 0.266 e. The lowest BCUT2D eigenvalue weighted by Crippen LogP contribution is -2.36. The summed E-state index contributed by atoms with van der Waals surface area (Å²) in [6, 6.07) is 9.56. The third kappa shape index (κ3) is 3.06. The molecule has 1 aliphatic carbocycles. The van der Waals surface area contributed by atoms with Gasteiger partial charge in [-0.3, -0.25) is 9.59 Å². The van der Waals surface area contributed by atoms with Crippen molar-refractivity contribution in [2.75, 3.05) is 13.1 Å². The first-order valence-corrected chi connectivity index (χ1v) is 9.12. The van der Waals surface area contributed by atoms with Gasteiger partial charge in [-0.2, -0.15) is 0 Å². The van der Waals surface area contributed by atoms with Crippen molar-refractivity contribution in [1.29, 1.82) is 0 Å². The Labute approximate surface area is 144 Å². The molecule has 2 heterocycles. The van der Waals surface area contributed by atoms with Crippen LogP contribution in [0.1, 0.15) is 51.5 Å². The molecule has 5 nitrogen and oxygen atoms in total. The first-order valence-electron chi connectivity index (χ1n) is 8.30. The normalized spacial score (nSPS) is 21.2. The summed E-state index contributed by atoms with van der Waals surface area (Å²) in [5.41, 5.74) is 0.995. The van der Waals surface area contributed by atoms with Gasteiger partial charge in [-0.1, -0.05) is 30.3 Å². The van der Waals surface area contributed by atoms with E-state index in [0.717, 1.165) is 10.6 Å². The molecule has 6 heteroatoms. The van der Waals surface area contributed by atoms with Crippen LogP contribution in [0.25, 0.3) is 0 Å². The van der Waals surface area contributed by atoms with Gasteiger partial charge in [0.15, 0.2) is 0 Å². The molecule has 1 saturated carbocycles. The van der Waals surface area contributed by atoms with Gasteiger partial charge in [-0.15, -0.1) is 11.3 Å². The molecular weight excluding hydrogens is 322 g/mol. The van der Waals surface area contributed by atoms with E-state index in [4.69, 9.17) is 0 Å². The summed E-state index contributed by atoms with van der Waals surface area (Å²) in [6.07, 6.45) is 4.35. The van der Waals surface area contributed by atoms with Crippen LogP contribution in [0.2, 0.25) is 0 Å². The Hall–Kier alpha value is -2.21. The Morgan fingerprint density at radius 3 is 2.79 bits per heavy atom. The quantitative estimate of drug-likeness (QED) is 0.934. The van der Waals surface area contributed by atoms with Crippen LogP contribution in [-0.2, 0) is 4.79 Å². The Bertz CT molecular complexity index is 755. The third-order valence-electron chi connectivity index (χ3n) is 4.54. The SMILES string of the molecule is O=C1CC(c2ccccc2)N(C(=O)c2cnc(C3CC3)s2)CCN1. The second-order valence-electron chi connectivity index (χ2n) is 6.32. The number of aromatic nitrogens is 1. The fraction of sp³-hybridized carbons (Fsp3) is 0.389. The van der Waals surface area contributed by atoms with Crippen LogP contribution in [0.5, 0.6) is 0 Å². The van der Waals surface area contributed by atoms with E-state index in [1.54, 1.807) is 6.20 Å². The number of nitrogens with zero attached hydrogens (tertiary/aromatic N) is 2. The first kappa shape index (κ1) is 15.3. The summed E-state index contributed by atoms with van der Waals surface area (Å²) < 4.78 is 0. The van der Waals surface area contributed by atoms with Crippen LogP contribution in [-0.4, -0.2) is 34.8 Å². The zero-order valence-corrected chi connectivity index (χ0v) is 14.1. The Balaban J connectivity index is 1.63. The van der Waals surface area contributed by atoms with E-state index in [9.17, 15) is 9.59 Å². The molecule has 1 unspecified atom stereocenters. The van der Waals surface area contributed by atoms with Crippen molar-refractivity contribution in [1.82, 2.24) is 15.2 Å². The van der Waals surface area contributed by atoms with Crippen molar-refractivity contribution >= 4 is 23.2 Å². The zero-order chi connectivity index (χ0) is 16.5. The van der Waals surface area contributed by atoms with Crippen LogP contribution in [0.15, 0.2) is 36.5 Å². The molecule has 4 rings (SSSR count). The van der Waals surface area contributed by atoms with Gasteiger partial charge in [0.1, 0.15) is 4.88 Å². The van der Waals surface area contributed by atoms with Crippen LogP contribution < -0.4 is 5.32 Å². The number of amides is 2. The van der Waals surface area contributed by atoms with Crippen LogP contribution >= 0.6 is 11.3 Å². The average Bonchev–Trinajstić information content (AvgIpc) is 3.37. The highest BCUT2D eigenvalue weighted by atomic mass is 32.1. The molecule has 1 aliphatic heterocycles. The molecule has 2 fully saturated rings. The van der Waals surface area contributed by atoms with Crippen LogP contribution in [0, 0.1) is 0 Å². The minimum absolute atomic E-state index is 0.0119. The smallest absolute Gasteiger partial charge is 0.266 e. The van der Waals surface area contributed by atoms with Crippen molar-refractivity contribution in [3.05, 3.63) is 52.0 Å². The fourth-order valence-electron chi connectivity index (χ4n) is 3.09. The molecule has 1 saturated heterocycles. The third-order valence-corrected chi connectivity index (χ3v) is 5.68. The number of carbonyl (C=O) groups is 2. The zero-order valence-electron chi connectivity index (χ0n) is 13.3. The van der Waals surface area contributed by atoms with Crippen molar-refractivity contribution < 1.29 is 9.59 Å². The standard InChI is InChI=1S/C18H19N3O2S/c22-16-10-14(12-4-2-1-3-5-12)21(9-8-19-16)18(23)15-11-20-17(24-15)13-6-7-13/h1-5,11,13-14H,6-10H2,(H,19,22). The molecule has 2 aromatic rings. The van der Waals surface area contributed by atoms with Gasteiger partial charge in [0.2, 0.25) is 5.91 Å². The topological polar surface area (TPSA) is 62.3 Å². The first-order chi connectivity index (χ1) is 11.7. The van der Waals surface area contributed by atoms with Crippen molar-refractivity contribution in [3.8, 4) is 0 Å². The predicted molar refractivity (Wildman–Crippen MR) is 91.9 cm³/mol. The van der Waals surface area contributed by atoms with Crippen molar-refractivity contribution in [2.45, 2.75) is 31.2 Å². The Morgan fingerprint density at radius 2 is 2.04 bits per heavy atom. The van der Waals surface area contributed by atoms with Crippen LogP contribution in [0.3, 0.4) is 0 Å². The van der Waals surface area contributed by atoms with E-state index < -0.39 is 0 Å². The molecule has 0 radical (unpaired) electrons. The van der Waals surface area contributed by atoms with Gasteiger partial charge >= 0.3 is 0 Å². The second-order valence-corrected chi connectivity index (χ2v) is 7.38. The van der Waals surface area contributed by atoms with E-state index in [1.807, 2.05) is 35.2 Å². The summed E-state index contributed by atoms with van der Waals surface area (Å²) in [5, 5.41) is 3.94. The van der Waals surface area contributed by atoms with E-state index in [-0.39, 0.29) is 17.9 Å². The highest BCUT2D eigenvalue weighted by Gasteiger charge is 2.33. The number of nitrogens with one attached hydrogen (secondary N) is 1. The van der Waals surface area contributed by atoms with Crippen molar-refractivity contribution in [2.24, 2.45) is 0 Å². The highest BCUT2D eigenvalue weighted by molar-refractivity contribution is 7.13. The number of hydrogen-bond acceptors (Lipinski definition) is 4. The Morgan fingerprint density at radius 1 is 1.25 bits per heavy atom. The van der Waals surface area contributed by atoms with Crippen LogP contribution in [0.4, 0.5) is 0 Å². The minimum atomic E-state index is -0.229. The number of thiazole rings is 1. The highest BCUT2D eigenvalue weighted by Crippen LogP contribution is 2.42. The number of hydrogen-bond donors (Lipinski definition) is 1. The van der Waals surface area contributed by atoms with Crippen molar-refractivity contribution in [3.63, 3.8) is 0 Å². The minimum Gasteiger partial charge on any atom is -0.354 e. The summed E-state index contributed by atoms with van der Waals surface area (Å²) in [7, 11) is 0. The summed E-state index contributed by atoms with van der Waals surface area (Å²) >= 11 is 1.50. The van der Waals surface area contributed by atoms with Gasteiger partial charge in [0, 0.05) is 19.0 Å². The molecule has 2 amide bonds. The Kier molecular flexibility index (Phi) is 4.06. The molecule has 0 spiro atoms. The van der Waals surface area contributed by atoms with E-state index >= 15 is 0 Å². The lowest BCUT2D eigenvalue weighted by atomic mass is 10.0. The largest absolute Gasteiger partial charge is 0.354 e. The molecule has 1 atom stereocenters. The average molecular weight is 341 g/mol. The summed E-state index contributed by atoms with van der Waals surface area (Å²) in [5.74, 6) is 0.515. The number of carbonyl (C=O) groups excluding carboxylic acids is 2. The molecule has 0 bridgehead atoms. The fourth-order valence-corrected chi connectivity index (χ4v) is 4.14. The maximum atomic E-state index is 13.1. The summed E-state index contributed by atoms with van der Waals surface area (Å²) in [4.78, 5) is 32.0. The molecular formula is C18H19N3O2S. The monoisotopic (exact) mass is 341 g/mol. The molecule has 124 valence electrons. The predicted octanol–water partition coefficient (Wildman–Crippen LogP) is 2.72. The lowest BCUT2D eigenvalue weighted by molar-refractivity contribution is -0.121. The van der Waals surface area contributed by atoms with Gasteiger partial charge in [0.05, 0.1) is 23.7 Å². The lowest BCUT2D eigenvalue weighted by Gasteiger charge is -2.29. The van der Waals surface area contributed by atoms with Gasteiger partial charge in [0.25, 0.3) is 5.91 Å². The molecule has 1 aromatic heterocycles. The molecule has 24 heavy (non-hydrogen) atoms. The molecule has 2 aliphatic rings. The van der Waals surface area contributed by atoms with E-state index in [1.165, 1.54) is 24.2 Å².